The lowest BCUT2D eigenvalue weighted by Gasteiger charge is -2.41. The van der Waals surface area contributed by atoms with E-state index >= 15 is 0 Å². The monoisotopic (exact) mass is 508 g/mol. The average molecular weight is 509 g/mol. The van der Waals surface area contributed by atoms with Crippen LogP contribution in [0.3, 0.4) is 0 Å². The van der Waals surface area contributed by atoms with E-state index in [0.29, 0.717) is 5.75 Å². The van der Waals surface area contributed by atoms with Gasteiger partial charge in [-0.3, -0.25) is 9.69 Å². The summed E-state index contributed by atoms with van der Waals surface area (Å²) in [5, 5.41) is 0. The maximum absolute atomic E-state index is 12.7. The van der Waals surface area contributed by atoms with E-state index in [1.807, 2.05) is 36.4 Å². The third-order valence-corrected chi connectivity index (χ3v) is 7.18. The number of rotatable bonds is 8. The highest BCUT2D eigenvalue weighted by atomic mass is 79.9. The number of benzene rings is 3. The third kappa shape index (κ3) is 4.92. The molecule has 5 nitrogen and oxygen atoms in total. The average Bonchev–Trinajstić information content (AvgIpc) is 2.83. The number of fused-ring (bicyclic) bond motifs is 1. The van der Waals surface area contributed by atoms with Crippen molar-refractivity contribution in [2.45, 2.75) is 31.3 Å². The first-order valence-corrected chi connectivity index (χ1v) is 11.9. The Labute approximate surface area is 203 Å². The molecule has 0 aromatic heterocycles. The molecule has 172 valence electrons. The molecule has 0 aliphatic carbocycles. The largest absolute Gasteiger partial charge is 0.493 e. The molecule has 6 heteroatoms. The van der Waals surface area contributed by atoms with E-state index in [1.54, 1.807) is 14.2 Å². The minimum absolute atomic E-state index is 0.00151. The second kappa shape index (κ2) is 10.4. The molecule has 1 aliphatic rings. The summed E-state index contributed by atoms with van der Waals surface area (Å²) in [4.78, 5) is 15.0. The zero-order chi connectivity index (χ0) is 23.4. The highest BCUT2D eigenvalue weighted by Gasteiger charge is 2.36. The molecule has 0 fully saturated rings. The van der Waals surface area contributed by atoms with E-state index in [9.17, 15) is 4.79 Å². The van der Waals surface area contributed by atoms with Crippen LogP contribution >= 0.6 is 15.9 Å². The maximum atomic E-state index is 12.7. The normalized spacial score (nSPS) is 16.6. The second-order valence-corrected chi connectivity index (χ2v) is 9.11. The van der Waals surface area contributed by atoms with Crippen molar-refractivity contribution >= 4 is 21.8 Å². The summed E-state index contributed by atoms with van der Waals surface area (Å²) in [7, 11) is 3.30. The van der Waals surface area contributed by atoms with Gasteiger partial charge in [0.05, 0.1) is 14.2 Å². The molecule has 3 aromatic rings. The first-order valence-electron chi connectivity index (χ1n) is 11.1. The van der Waals surface area contributed by atoms with Crippen LogP contribution < -0.4 is 15.2 Å². The van der Waals surface area contributed by atoms with Crippen LogP contribution in [0.15, 0.2) is 71.2 Å². The Kier molecular flexibility index (Phi) is 7.36. The SMILES string of the molecule is COc1cc2c(cc1OC)[C@H](CCc1ccccc1Br)N(C(C(N)=O)c1ccccc1)CC2. The van der Waals surface area contributed by atoms with E-state index in [-0.39, 0.29) is 11.9 Å². The van der Waals surface area contributed by atoms with Crippen molar-refractivity contribution in [2.75, 3.05) is 20.8 Å². The fourth-order valence-electron chi connectivity index (χ4n) is 4.83. The Morgan fingerprint density at radius 1 is 1.06 bits per heavy atom. The molecule has 1 unspecified atom stereocenters. The van der Waals surface area contributed by atoms with Gasteiger partial charge in [-0.05, 0) is 59.7 Å². The van der Waals surface area contributed by atoms with Crippen LogP contribution in [0.25, 0.3) is 0 Å². The zero-order valence-corrected chi connectivity index (χ0v) is 20.5. The number of methoxy groups -OCH3 is 2. The summed E-state index contributed by atoms with van der Waals surface area (Å²) in [6, 6.07) is 21.7. The van der Waals surface area contributed by atoms with E-state index in [2.05, 4.69) is 51.2 Å². The van der Waals surface area contributed by atoms with Crippen LogP contribution in [-0.2, 0) is 17.6 Å². The van der Waals surface area contributed by atoms with E-state index < -0.39 is 6.04 Å². The third-order valence-electron chi connectivity index (χ3n) is 6.41. The van der Waals surface area contributed by atoms with Gasteiger partial charge < -0.3 is 15.2 Å². The van der Waals surface area contributed by atoms with Gasteiger partial charge in [-0.1, -0.05) is 64.5 Å². The summed E-state index contributed by atoms with van der Waals surface area (Å²) in [6.07, 6.45) is 2.50. The minimum Gasteiger partial charge on any atom is -0.493 e. The molecule has 1 aliphatic heterocycles. The van der Waals surface area contributed by atoms with Gasteiger partial charge in [0.15, 0.2) is 11.5 Å². The van der Waals surface area contributed by atoms with Crippen molar-refractivity contribution < 1.29 is 14.3 Å². The lowest BCUT2D eigenvalue weighted by Crippen LogP contribution is -2.44. The molecule has 0 bridgehead atoms. The molecule has 4 rings (SSSR count). The Morgan fingerprint density at radius 2 is 1.73 bits per heavy atom. The molecule has 2 atom stereocenters. The summed E-state index contributed by atoms with van der Waals surface area (Å²) < 4.78 is 12.3. The minimum atomic E-state index is -0.503. The van der Waals surface area contributed by atoms with E-state index in [0.717, 1.165) is 47.2 Å². The highest BCUT2D eigenvalue weighted by molar-refractivity contribution is 9.10. The molecule has 0 radical (unpaired) electrons. The van der Waals surface area contributed by atoms with Crippen molar-refractivity contribution in [1.29, 1.82) is 0 Å². The number of amides is 1. The number of ether oxygens (including phenoxy) is 2. The maximum Gasteiger partial charge on any atom is 0.239 e. The van der Waals surface area contributed by atoms with E-state index in [4.69, 9.17) is 15.2 Å². The predicted octanol–water partition coefficient (Wildman–Crippen LogP) is 5.22. The van der Waals surface area contributed by atoms with Crippen molar-refractivity contribution in [2.24, 2.45) is 5.73 Å². The van der Waals surface area contributed by atoms with Gasteiger partial charge >= 0.3 is 0 Å². The van der Waals surface area contributed by atoms with Gasteiger partial charge in [0.25, 0.3) is 0 Å². The van der Waals surface area contributed by atoms with Crippen LogP contribution in [0, 0.1) is 0 Å². The molecule has 2 N–H and O–H groups in total. The molecule has 1 amide bonds. The first kappa shape index (κ1) is 23.3. The molecule has 33 heavy (non-hydrogen) atoms. The number of halogens is 1. The fourth-order valence-corrected chi connectivity index (χ4v) is 5.31. The Balaban J connectivity index is 1.77. The summed E-state index contributed by atoms with van der Waals surface area (Å²) in [6.45, 7) is 0.728. The Morgan fingerprint density at radius 3 is 2.39 bits per heavy atom. The summed E-state index contributed by atoms with van der Waals surface area (Å²) in [5.74, 6) is 1.08. The van der Waals surface area contributed by atoms with Crippen molar-refractivity contribution in [3.05, 3.63) is 93.5 Å². The zero-order valence-electron chi connectivity index (χ0n) is 19.0. The van der Waals surface area contributed by atoms with Crippen LogP contribution in [0.5, 0.6) is 11.5 Å². The Bertz CT molecular complexity index is 1120. The lowest BCUT2D eigenvalue weighted by molar-refractivity contribution is -0.124. The molecule has 0 saturated carbocycles. The quantitative estimate of drug-likeness (QED) is 0.452. The first-order chi connectivity index (χ1) is 16.0. The van der Waals surface area contributed by atoms with E-state index in [1.165, 1.54) is 11.1 Å². The number of carbonyl (C=O) groups excluding carboxylic acids is 1. The van der Waals surface area contributed by atoms with Crippen LogP contribution in [-0.4, -0.2) is 31.6 Å². The number of nitrogens with two attached hydrogens (primary N) is 1. The van der Waals surface area contributed by atoms with Crippen molar-refractivity contribution in [3.63, 3.8) is 0 Å². The number of carbonyl (C=O) groups is 1. The second-order valence-electron chi connectivity index (χ2n) is 8.26. The van der Waals surface area contributed by atoms with Gasteiger partial charge in [0, 0.05) is 17.1 Å². The van der Waals surface area contributed by atoms with Gasteiger partial charge in [-0.15, -0.1) is 0 Å². The number of nitrogens with zero attached hydrogens (tertiary/aromatic N) is 1. The van der Waals surface area contributed by atoms with Gasteiger partial charge in [-0.2, -0.15) is 0 Å². The molecule has 0 saturated heterocycles. The number of aryl methyl sites for hydroxylation is 1. The van der Waals surface area contributed by atoms with Gasteiger partial charge in [0.1, 0.15) is 6.04 Å². The van der Waals surface area contributed by atoms with Crippen LogP contribution in [0.1, 0.15) is 40.8 Å². The molecule has 0 spiro atoms. The fraction of sp³-hybridized carbons (Fsp3) is 0.296. The number of hydrogen-bond donors (Lipinski definition) is 1. The molecular formula is C27H29BrN2O3. The lowest BCUT2D eigenvalue weighted by atomic mass is 9.86. The molecule has 1 heterocycles. The topological polar surface area (TPSA) is 64.8 Å². The van der Waals surface area contributed by atoms with Crippen LogP contribution in [0.2, 0.25) is 0 Å². The molecule has 3 aromatic carbocycles. The standard InChI is InChI=1S/C27H29BrN2O3/c1-32-24-16-20-14-15-30(26(27(29)31)19-9-4-3-5-10-19)23(21(20)17-25(24)33-2)13-12-18-8-6-7-11-22(18)28/h3-11,16-17,23,26H,12-15H2,1-2H3,(H2,29,31)/t23-,26?/m0/s1. The highest BCUT2D eigenvalue weighted by Crippen LogP contribution is 2.43. The van der Waals surface area contributed by atoms with Crippen molar-refractivity contribution in [3.8, 4) is 11.5 Å². The number of hydrogen-bond acceptors (Lipinski definition) is 4. The summed E-state index contributed by atoms with van der Waals surface area (Å²) in [5.41, 5.74) is 10.5. The number of primary amides is 1. The van der Waals surface area contributed by atoms with Gasteiger partial charge in [-0.25, -0.2) is 0 Å². The Hall–Kier alpha value is -2.83. The van der Waals surface area contributed by atoms with Gasteiger partial charge in [0.2, 0.25) is 5.91 Å². The predicted molar refractivity (Wildman–Crippen MR) is 134 cm³/mol. The summed E-state index contributed by atoms with van der Waals surface area (Å²) >= 11 is 3.67. The molecular weight excluding hydrogens is 480 g/mol. The van der Waals surface area contributed by atoms with Crippen LogP contribution in [0.4, 0.5) is 0 Å². The van der Waals surface area contributed by atoms with Crippen molar-refractivity contribution in [1.82, 2.24) is 4.90 Å². The smallest absolute Gasteiger partial charge is 0.239 e.